The third-order valence-corrected chi connectivity index (χ3v) is 4.20. The van der Waals surface area contributed by atoms with Gasteiger partial charge in [-0.05, 0) is 42.7 Å². The highest BCUT2D eigenvalue weighted by Crippen LogP contribution is 2.23. The van der Waals surface area contributed by atoms with Crippen molar-refractivity contribution < 1.29 is 14.4 Å². The van der Waals surface area contributed by atoms with Crippen LogP contribution < -0.4 is 10.2 Å². The van der Waals surface area contributed by atoms with Crippen molar-refractivity contribution in [3.63, 3.8) is 0 Å². The van der Waals surface area contributed by atoms with Crippen molar-refractivity contribution in [1.29, 1.82) is 0 Å². The van der Waals surface area contributed by atoms with Crippen LogP contribution in [0.15, 0.2) is 53.5 Å². The van der Waals surface area contributed by atoms with E-state index < -0.39 is 23.8 Å². The molecule has 1 atom stereocenters. The molecule has 1 fully saturated rings. The number of barbiturate groups is 1. The number of hydrogen-bond acceptors (Lipinski definition) is 4. The van der Waals surface area contributed by atoms with Gasteiger partial charge in [0.05, 0.1) is 11.4 Å². The highest BCUT2D eigenvalue weighted by Gasteiger charge is 2.40. The molecule has 2 aromatic carbocycles. The molecule has 1 heterocycles. The number of urea groups is 1. The summed E-state index contributed by atoms with van der Waals surface area (Å²) in [5.41, 5.74) is 3.04. The molecule has 0 spiro atoms. The largest absolute Gasteiger partial charge is 0.335 e. The number of rotatable bonds is 4. The van der Waals surface area contributed by atoms with Gasteiger partial charge in [0.25, 0.3) is 5.91 Å². The van der Waals surface area contributed by atoms with E-state index in [9.17, 15) is 14.4 Å². The number of para-hydroxylation sites is 1. The van der Waals surface area contributed by atoms with Crippen LogP contribution in [0.1, 0.15) is 18.1 Å². The second kappa shape index (κ2) is 7.31. The fourth-order valence-electron chi connectivity index (χ4n) is 2.82. The molecule has 0 bridgehead atoms. The van der Waals surface area contributed by atoms with Crippen molar-refractivity contribution in [2.45, 2.75) is 20.3 Å². The van der Waals surface area contributed by atoms with Crippen molar-refractivity contribution in [3.8, 4) is 0 Å². The predicted octanol–water partition coefficient (Wildman–Crippen LogP) is 3.16. The number of benzene rings is 2. The lowest BCUT2D eigenvalue weighted by Gasteiger charge is -2.28. The monoisotopic (exact) mass is 349 g/mol. The standard InChI is InChI=1S/C20H19N3O3/c1-3-14-8-4-5-10-17(14)21-12-16-18(24)22-20(26)23(19(16)25)15-9-6-7-13(2)11-15/h4-12,16H,3H2,1-2H3,(H,22,24,26)/t16-/m1/s1. The smallest absolute Gasteiger partial charge is 0.276 e. The summed E-state index contributed by atoms with van der Waals surface area (Å²) in [6.07, 6.45) is 2.09. The van der Waals surface area contributed by atoms with Gasteiger partial charge in [0.15, 0.2) is 5.92 Å². The van der Waals surface area contributed by atoms with E-state index in [1.54, 1.807) is 18.2 Å². The number of hydrogen-bond donors (Lipinski definition) is 1. The van der Waals surface area contributed by atoms with Gasteiger partial charge in [-0.25, -0.2) is 9.69 Å². The topological polar surface area (TPSA) is 78.8 Å². The SMILES string of the molecule is CCc1ccccc1N=C[C@@H]1C(=O)NC(=O)N(c2cccc(C)c2)C1=O. The van der Waals surface area contributed by atoms with Crippen molar-refractivity contribution in [1.82, 2.24) is 5.32 Å². The molecular weight excluding hydrogens is 330 g/mol. The van der Waals surface area contributed by atoms with Crippen molar-refractivity contribution in [3.05, 3.63) is 59.7 Å². The van der Waals surface area contributed by atoms with Crippen LogP contribution in [0.5, 0.6) is 0 Å². The lowest BCUT2D eigenvalue weighted by atomic mass is 10.0. The molecule has 1 N–H and O–H groups in total. The lowest BCUT2D eigenvalue weighted by Crippen LogP contribution is -2.58. The molecule has 6 heteroatoms. The average Bonchev–Trinajstić information content (AvgIpc) is 2.61. The minimum absolute atomic E-state index is 0.423. The molecular formula is C20H19N3O3. The average molecular weight is 349 g/mol. The quantitative estimate of drug-likeness (QED) is 0.680. The van der Waals surface area contributed by atoms with Gasteiger partial charge in [-0.3, -0.25) is 19.9 Å². The zero-order chi connectivity index (χ0) is 18.7. The van der Waals surface area contributed by atoms with Gasteiger partial charge >= 0.3 is 6.03 Å². The van der Waals surface area contributed by atoms with Crippen LogP contribution >= 0.6 is 0 Å². The molecule has 4 amide bonds. The Morgan fingerprint density at radius 3 is 2.62 bits per heavy atom. The Kier molecular flexibility index (Phi) is 4.93. The van der Waals surface area contributed by atoms with Gasteiger partial charge in [-0.15, -0.1) is 0 Å². The van der Waals surface area contributed by atoms with E-state index in [0.717, 1.165) is 22.4 Å². The molecule has 0 saturated carbocycles. The summed E-state index contributed by atoms with van der Waals surface area (Å²) < 4.78 is 0. The zero-order valence-corrected chi connectivity index (χ0v) is 14.6. The third-order valence-electron chi connectivity index (χ3n) is 4.20. The number of nitrogens with zero attached hydrogens (tertiary/aromatic N) is 2. The summed E-state index contributed by atoms with van der Waals surface area (Å²) in [4.78, 5) is 42.4. The first-order valence-electron chi connectivity index (χ1n) is 8.39. The maximum Gasteiger partial charge on any atom is 0.335 e. The number of nitrogens with one attached hydrogen (secondary N) is 1. The third kappa shape index (κ3) is 3.39. The molecule has 0 unspecified atom stereocenters. The van der Waals surface area contributed by atoms with Gasteiger partial charge in [0.1, 0.15) is 0 Å². The first-order chi connectivity index (χ1) is 12.5. The van der Waals surface area contributed by atoms with E-state index in [4.69, 9.17) is 0 Å². The molecule has 1 aliphatic heterocycles. The summed E-state index contributed by atoms with van der Waals surface area (Å²) in [5, 5.41) is 2.23. The molecule has 1 saturated heterocycles. The Morgan fingerprint density at radius 2 is 1.88 bits per heavy atom. The maximum atomic E-state index is 12.8. The van der Waals surface area contributed by atoms with E-state index in [1.807, 2.05) is 44.2 Å². The molecule has 0 aromatic heterocycles. The molecule has 6 nitrogen and oxygen atoms in total. The van der Waals surface area contributed by atoms with Crippen molar-refractivity contribution in [2.24, 2.45) is 10.9 Å². The van der Waals surface area contributed by atoms with Crippen LogP contribution in [-0.4, -0.2) is 24.1 Å². The first-order valence-corrected chi connectivity index (χ1v) is 8.39. The molecule has 3 rings (SSSR count). The zero-order valence-electron chi connectivity index (χ0n) is 14.6. The predicted molar refractivity (Wildman–Crippen MR) is 99.7 cm³/mol. The Morgan fingerprint density at radius 1 is 1.12 bits per heavy atom. The number of aliphatic imine (C=N–C) groups is 1. The molecule has 1 aliphatic rings. The molecule has 132 valence electrons. The molecule has 0 aliphatic carbocycles. The highest BCUT2D eigenvalue weighted by atomic mass is 16.2. The summed E-state index contributed by atoms with van der Waals surface area (Å²) in [6.45, 7) is 3.87. The number of imide groups is 2. The maximum absolute atomic E-state index is 12.8. The lowest BCUT2D eigenvalue weighted by molar-refractivity contribution is -0.131. The summed E-state index contributed by atoms with van der Waals surface area (Å²) in [5.74, 6) is -2.43. The Labute approximate surface area is 151 Å². The Bertz CT molecular complexity index is 905. The Hall–Kier alpha value is -3.28. The molecule has 2 aromatic rings. The number of anilines is 1. The molecule has 26 heavy (non-hydrogen) atoms. The van der Waals surface area contributed by atoms with E-state index in [2.05, 4.69) is 10.3 Å². The van der Waals surface area contributed by atoms with Gasteiger partial charge in [0.2, 0.25) is 5.91 Å². The van der Waals surface area contributed by atoms with E-state index in [1.165, 1.54) is 6.21 Å². The van der Waals surface area contributed by atoms with Crippen molar-refractivity contribution in [2.75, 3.05) is 4.90 Å². The van der Waals surface area contributed by atoms with Crippen LogP contribution in [0.3, 0.4) is 0 Å². The highest BCUT2D eigenvalue weighted by molar-refractivity contribution is 6.32. The fraction of sp³-hybridized carbons (Fsp3) is 0.200. The normalized spacial score (nSPS) is 17.7. The van der Waals surface area contributed by atoms with E-state index in [0.29, 0.717) is 11.4 Å². The van der Waals surface area contributed by atoms with Crippen LogP contribution in [-0.2, 0) is 16.0 Å². The summed E-state index contributed by atoms with van der Waals surface area (Å²) in [6, 6.07) is 13.8. The van der Waals surface area contributed by atoms with Crippen LogP contribution in [0, 0.1) is 12.8 Å². The number of aryl methyl sites for hydroxylation is 2. The minimum atomic E-state index is -1.15. The molecule has 0 radical (unpaired) electrons. The van der Waals surface area contributed by atoms with Crippen LogP contribution in [0.25, 0.3) is 0 Å². The van der Waals surface area contributed by atoms with Gasteiger partial charge < -0.3 is 0 Å². The van der Waals surface area contributed by atoms with E-state index in [-0.39, 0.29) is 0 Å². The van der Waals surface area contributed by atoms with Gasteiger partial charge in [-0.1, -0.05) is 37.3 Å². The van der Waals surface area contributed by atoms with Gasteiger partial charge in [-0.2, -0.15) is 0 Å². The fourth-order valence-corrected chi connectivity index (χ4v) is 2.82. The van der Waals surface area contributed by atoms with Crippen LogP contribution in [0.4, 0.5) is 16.2 Å². The Balaban J connectivity index is 1.92. The minimum Gasteiger partial charge on any atom is -0.276 e. The number of carbonyl (C=O) groups excluding carboxylic acids is 3. The summed E-state index contributed by atoms with van der Waals surface area (Å²) >= 11 is 0. The number of amides is 4. The van der Waals surface area contributed by atoms with Crippen LogP contribution in [0.2, 0.25) is 0 Å². The van der Waals surface area contributed by atoms with E-state index >= 15 is 0 Å². The second-order valence-electron chi connectivity index (χ2n) is 6.05. The van der Waals surface area contributed by atoms with Crippen molar-refractivity contribution >= 4 is 35.4 Å². The first kappa shape index (κ1) is 17.5. The summed E-state index contributed by atoms with van der Waals surface area (Å²) in [7, 11) is 0. The number of carbonyl (C=O) groups is 3. The van der Waals surface area contributed by atoms with Gasteiger partial charge in [0, 0.05) is 6.21 Å². The second-order valence-corrected chi connectivity index (χ2v) is 6.05.